The first kappa shape index (κ1) is 24.4. The van der Waals surface area contributed by atoms with Crippen molar-refractivity contribution in [2.24, 2.45) is 0 Å². The van der Waals surface area contributed by atoms with E-state index < -0.39 is 0 Å². The van der Waals surface area contributed by atoms with Crippen LogP contribution in [0.15, 0.2) is 60.8 Å². The Morgan fingerprint density at radius 3 is 2.39 bits per heavy atom. The van der Waals surface area contributed by atoms with E-state index in [9.17, 15) is 4.79 Å². The average Bonchev–Trinajstić information content (AvgIpc) is 2.87. The van der Waals surface area contributed by atoms with Gasteiger partial charge < -0.3 is 11.1 Å². The summed E-state index contributed by atoms with van der Waals surface area (Å²) in [5.41, 5.74) is 10.5. The predicted octanol–water partition coefficient (Wildman–Crippen LogP) is 6.76. The van der Waals surface area contributed by atoms with Crippen LogP contribution in [-0.2, 0) is 11.2 Å². The fourth-order valence-electron chi connectivity index (χ4n) is 4.25. The highest BCUT2D eigenvalue weighted by Gasteiger charge is 2.22. The van der Waals surface area contributed by atoms with Gasteiger partial charge >= 0.3 is 0 Å². The monoisotopic (exact) mass is 444 g/mol. The van der Waals surface area contributed by atoms with Gasteiger partial charge in [-0.1, -0.05) is 75.6 Å². The van der Waals surface area contributed by atoms with Crippen molar-refractivity contribution in [3.05, 3.63) is 72.1 Å². The number of carbonyl (C=O) groups is 1. The summed E-state index contributed by atoms with van der Waals surface area (Å²) < 4.78 is 0. The Hall–Kier alpha value is -3.21. The molecule has 0 saturated heterocycles. The normalized spacial score (nSPS) is 13.6. The Balaban J connectivity index is 0.00000149. The van der Waals surface area contributed by atoms with Gasteiger partial charge in [-0.2, -0.15) is 0 Å². The van der Waals surface area contributed by atoms with Crippen LogP contribution in [0.2, 0.25) is 0 Å². The molecule has 3 aromatic rings. The molecular formula is C28H36N4O. The molecule has 0 unspecified atom stereocenters. The second kappa shape index (κ2) is 12.7. The zero-order valence-electron chi connectivity index (χ0n) is 19.9. The lowest BCUT2D eigenvalue weighted by Gasteiger charge is -2.23. The predicted molar refractivity (Wildman–Crippen MR) is 137 cm³/mol. The van der Waals surface area contributed by atoms with Crippen molar-refractivity contribution in [1.29, 1.82) is 0 Å². The summed E-state index contributed by atoms with van der Waals surface area (Å²) in [5.74, 6) is 0.966. The van der Waals surface area contributed by atoms with E-state index in [4.69, 9.17) is 10.7 Å². The van der Waals surface area contributed by atoms with Gasteiger partial charge in [0.15, 0.2) is 5.82 Å². The maximum absolute atomic E-state index is 12.6. The van der Waals surface area contributed by atoms with Gasteiger partial charge in [-0.15, -0.1) is 0 Å². The molecular weight excluding hydrogens is 408 g/mol. The Labute approximate surface area is 197 Å². The molecule has 1 aliphatic rings. The lowest BCUT2D eigenvalue weighted by molar-refractivity contribution is -0.116. The number of nitrogens with two attached hydrogens (primary N) is 1. The molecule has 4 rings (SSSR count). The highest BCUT2D eigenvalue weighted by molar-refractivity contribution is 5.90. The highest BCUT2D eigenvalue weighted by Crippen LogP contribution is 2.35. The number of nitrogen functional groups attached to an aromatic ring is 1. The zero-order chi connectivity index (χ0) is 23.5. The molecule has 0 atom stereocenters. The molecule has 3 N–H and O–H groups in total. The zero-order valence-corrected chi connectivity index (χ0v) is 19.9. The number of amides is 1. The molecule has 1 amide bonds. The van der Waals surface area contributed by atoms with Gasteiger partial charge in [-0.3, -0.25) is 4.79 Å². The van der Waals surface area contributed by atoms with Crippen LogP contribution in [0.4, 0.5) is 11.5 Å². The Bertz CT molecular complexity index is 996. The fourth-order valence-corrected chi connectivity index (χ4v) is 4.25. The topological polar surface area (TPSA) is 80.9 Å². The van der Waals surface area contributed by atoms with Crippen molar-refractivity contribution < 1.29 is 4.79 Å². The molecule has 0 aliphatic heterocycles. The number of hydrogen-bond donors (Lipinski definition) is 2. The summed E-state index contributed by atoms with van der Waals surface area (Å²) in [6.45, 7) is 4.00. The van der Waals surface area contributed by atoms with Crippen LogP contribution in [-0.4, -0.2) is 15.9 Å². The van der Waals surface area contributed by atoms with Crippen molar-refractivity contribution in [1.82, 2.24) is 9.97 Å². The Morgan fingerprint density at radius 2 is 1.70 bits per heavy atom. The summed E-state index contributed by atoms with van der Waals surface area (Å²) in [6, 6.07) is 17.9. The molecule has 1 heterocycles. The molecule has 5 heteroatoms. The molecule has 33 heavy (non-hydrogen) atoms. The molecule has 174 valence electrons. The van der Waals surface area contributed by atoms with Gasteiger partial charge in [0, 0.05) is 23.6 Å². The third-order valence-electron chi connectivity index (χ3n) is 5.97. The van der Waals surface area contributed by atoms with Crippen LogP contribution in [0.1, 0.15) is 76.0 Å². The van der Waals surface area contributed by atoms with Crippen LogP contribution in [0, 0.1) is 0 Å². The van der Waals surface area contributed by atoms with Crippen LogP contribution < -0.4 is 11.1 Å². The number of nitrogens with zero attached hydrogens (tertiary/aromatic N) is 2. The van der Waals surface area contributed by atoms with E-state index in [1.807, 2.05) is 56.3 Å². The van der Waals surface area contributed by atoms with Crippen LogP contribution in [0.25, 0.3) is 11.3 Å². The van der Waals surface area contributed by atoms with Crippen molar-refractivity contribution in [2.45, 2.75) is 71.1 Å². The van der Waals surface area contributed by atoms with Crippen LogP contribution in [0.3, 0.4) is 0 Å². The second-order valence-electron chi connectivity index (χ2n) is 8.33. The number of carbonyl (C=O) groups excluding carboxylic acids is 1. The Kier molecular flexibility index (Phi) is 9.43. The number of nitrogens with one attached hydrogen (secondary N) is 1. The highest BCUT2D eigenvalue weighted by atomic mass is 16.1. The average molecular weight is 445 g/mol. The number of aromatic nitrogens is 2. The smallest absolute Gasteiger partial charge is 0.225 e. The molecule has 1 aliphatic carbocycles. The van der Waals surface area contributed by atoms with Gasteiger partial charge in [0.05, 0.1) is 17.6 Å². The summed E-state index contributed by atoms with van der Waals surface area (Å²) in [5, 5.41) is 3.05. The van der Waals surface area contributed by atoms with Gasteiger partial charge in [0.25, 0.3) is 0 Å². The molecule has 1 fully saturated rings. The molecule has 1 saturated carbocycles. The maximum Gasteiger partial charge on any atom is 0.225 e. The van der Waals surface area contributed by atoms with Crippen molar-refractivity contribution >= 4 is 17.4 Å². The number of aryl methyl sites for hydroxylation is 1. The maximum atomic E-state index is 12.6. The molecule has 5 nitrogen and oxygen atoms in total. The van der Waals surface area contributed by atoms with Crippen molar-refractivity contribution in [3.63, 3.8) is 0 Å². The minimum Gasteiger partial charge on any atom is -0.399 e. The molecule has 0 bridgehead atoms. The van der Waals surface area contributed by atoms with Crippen LogP contribution in [0.5, 0.6) is 0 Å². The summed E-state index contributed by atoms with van der Waals surface area (Å²) in [7, 11) is 0. The minimum atomic E-state index is 0.00234. The van der Waals surface area contributed by atoms with Gasteiger partial charge in [0.2, 0.25) is 5.91 Å². The standard InChI is InChI=1S/C26H30N4O.C2H6/c27-22-16-14-20(15-17-22)23-18-28-26(25(29-23)21-11-5-2-6-12-21)30-24(31)13-7-10-19-8-3-1-4-9-19;1-2/h1,3-4,8-9,14-18,21H,2,5-7,10-13,27H2,(H,28,30,31);1-2H3. The van der Waals surface area contributed by atoms with Crippen molar-refractivity contribution in [2.75, 3.05) is 11.1 Å². The van der Waals surface area contributed by atoms with E-state index in [1.165, 1.54) is 24.8 Å². The molecule has 1 aromatic heterocycles. The fraction of sp³-hybridized carbons (Fsp3) is 0.393. The lowest BCUT2D eigenvalue weighted by Crippen LogP contribution is -2.18. The molecule has 0 spiro atoms. The van der Waals surface area contributed by atoms with E-state index >= 15 is 0 Å². The second-order valence-corrected chi connectivity index (χ2v) is 8.33. The largest absolute Gasteiger partial charge is 0.399 e. The quantitative estimate of drug-likeness (QED) is 0.394. The van der Waals surface area contributed by atoms with Gasteiger partial charge in [-0.05, 0) is 43.4 Å². The first-order valence-corrected chi connectivity index (χ1v) is 12.3. The molecule has 2 aromatic carbocycles. The van der Waals surface area contributed by atoms with E-state index in [0.29, 0.717) is 18.2 Å². The summed E-state index contributed by atoms with van der Waals surface area (Å²) in [4.78, 5) is 22.2. The van der Waals surface area contributed by atoms with E-state index in [0.717, 1.165) is 48.3 Å². The van der Waals surface area contributed by atoms with Gasteiger partial charge in [0.1, 0.15) is 0 Å². The first-order chi connectivity index (χ1) is 16.2. The Morgan fingerprint density at radius 1 is 1.00 bits per heavy atom. The van der Waals surface area contributed by atoms with E-state index in [2.05, 4.69) is 22.4 Å². The first-order valence-electron chi connectivity index (χ1n) is 12.3. The van der Waals surface area contributed by atoms with E-state index in [-0.39, 0.29) is 5.91 Å². The van der Waals surface area contributed by atoms with Gasteiger partial charge in [-0.25, -0.2) is 9.97 Å². The third-order valence-corrected chi connectivity index (χ3v) is 5.97. The van der Waals surface area contributed by atoms with Crippen LogP contribution >= 0.6 is 0 Å². The lowest BCUT2D eigenvalue weighted by atomic mass is 9.86. The number of benzene rings is 2. The number of rotatable bonds is 7. The number of anilines is 2. The van der Waals surface area contributed by atoms with E-state index in [1.54, 1.807) is 6.20 Å². The summed E-state index contributed by atoms with van der Waals surface area (Å²) >= 11 is 0. The summed E-state index contributed by atoms with van der Waals surface area (Å²) in [6.07, 6.45) is 9.77. The SMILES string of the molecule is CC.Nc1ccc(-c2cnc(NC(=O)CCCc3ccccc3)c(C3CCCCC3)n2)cc1. The minimum absolute atomic E-state index is 0.00234. The van der Waals surface area contributed by atoms with Crippen molar-refractivity contribution in [3.8, 4) is 11.3 Å². The molecule has 0 radical (unpaired) electrons. The number of hydrogen-bond acceptors (Lipinski definition) is 4. The third kappa shape index (κ3) is 7.14.